The van der Waals surface area contributed by atoms with E-state index in [9.17, 15) is 0 Å². The number of rotatable bonds is 1. The molecular formula is C3H10NP. The zero-order chi connectivity index (χ0) is 4.28. The molecule has 0 N–H and O–H groups in total. The van der Waals surface area contributed by atoms with E-state index in [1.807, 2.05) is 0 Å². The molecule has 0 radical (unpaired) electrons. The lowest BCUT2D eigenvalue weighted by molar-refractivity contribution is 0.694. The molecule has 0 saturated heterocycles. The zero-order valence-corrected chi connectivity index (χ0v) is 4.95. The highest BCUT2D eigenvalue weighted by atomic mass is 31.1. The van der Waals surface area contributed by atoms with Crippen molar-refractivity contribution in [2.24, 2.45) is 0 Å². The van der Waals surface area contributed by atoms with Crippen LogP contribution in [-0.2, 0) is 0 Å². The lowest BCUT2D eigenvalue weighted by Crippen LogP contribution is -1.93. The van der Waals surface area contributed by atoms with Gasteiger partial charge in [-0.25, -0.2) is 0 Å². The van der Waals surface area contributed by atoms with Gasteiger partial charge in [-0.2, -0.15) is 0 Å². The highest BCUT2D eigenvalue weighted by Gasteiger charge is 1.71. The summed E-state index contributed by atoms with van der Waals surface area (Å²) >= 11 is 0. The maximum atomic E-state index is 2.15. The van der Waals surface area contributed by atoms with Crippen molar-refractivity contribution in [3.8, 4) is 0 Å². The van der Waals surface area contributed by atoms with Crippen LogP contribution in [0.3, 0.4) is 0 Å². The van der Waals surface area contributed by atoms with Crippen molar-refractivity contribution in [1.82, 2.24) is 4.67 Å². The van der Waals surface area contributed by atoms with Crippen molar-refractivity contribution in [2.45, 2.75) is 0 Å². The highest BCUT2D eigenvalue weighted by Crippen LogP contribution is 2.01. The van der Waals surface area contributed by atoms with E-state index in [0.717, 1.165) is 8.73 Å². The van der Waals surface area contributed by atoms with E-state index >= 15 is 0 Å². The lowest BCUT2D eigenvalue weighted by atomic mass is 11.3. The summed E-state index contributed by atoms with van der Waals surface area (Å²) in [4.78, 5) is 0. The summed E-state index contributed by atoms with van der Waals surface area (Å²) in [6, 6.07) is 0. The molecule has 1 nitrogen and oxygen atoms in total. The van der Waals surface area contributed by atoms with Crippen LogP contribution in [0.2, 0.25) is 0 Å². The van der Waals surface area contributed by atoms with Crippen molar-refractivity contribution in [3.63, 3.8) is 0 Å². The molecule has 0 fully saturated rings. The van der Waals surface area contributed by atoms with Crippen LogP contribution in [0.25, 0.3) is 0 Å². The molecule has 0 bridgehead atoms. The minimum atomic E-state index is 0.948. The fourth-order valence-electron chi connectivity index (χ4n) is 0. The Labute approximate surface area is 35.2 Å². The molecule has 32 valence electrons. The van der Waals surface area contributed by atoms with Gasteiger partial charge in [-0.1, -0.05) is 8.73 Å². The third-order valence-corrected chi connectivity index (χ3v) is 1.34. The third-order valence-electron chi connectivity index (χ3n) is 0.447. The molecule has 0 saturated carbocycles. The maximum absolute atomic E-state index is 2.15. The van der Waals surface area contributed by atoms with Crippen LogP contribution in [0.4, 0.5) is 0 Å². The minimum absolute atomic E-state index is 0.948. The van der Waals surface area contributed by atoms with E-state index in [2.05, 4.69) is 25.4 Å². The molecule has 1 atom stereocenters. The second-order valence-electron chi connectivity index (χ2n) is 1.12. The van der Waals surface area contributed by atoms with Crippen LogP contribution >= 0.6 is 8.73 Å². The first-order chi connectivity index (χ1) is 2.27. The Kier molecular flexibility index (Phi) is 2.82. The first kappa shape index (κ1) is 5.39. The maximum Gasteiger partial charge on any atom is -0.00996 e. The largest absolute Gasteiger partial charge is 0.291 e. The van der Waals surface area contributed by atoms with Crippen LogP contribution in [0.1, 0.15) is 0 Å². The van der Waals surface area contributed by atoms with Crippen molar-refractivity contribution in [1.29, 1.82) is 0 Å². The Morgan fingerprint density at radius 3 is 1.60 bits per heavy atom. The van der Waals surface area contributed by atoms with Crippen LogP contribution in [0.15, 0.2) is 0 Å². The van der Waals surface area contributed by atoms with Gasteiger partial charge in [0.15, 0.2) is 0 Å². The van der Waals surface area contributed by atoms with E-state index < -0.39 is 0 Å². The summed E-state index contributed by atoms with van der Waals surface area (Å²) in [5.41, 5.74) is 0. The fourth-order valence-corrected chi connectivity index (χ4v) is 0. The molecule has 0 amide bonds. The van der Waals surface area contributed by atoms with Crippen LogP contribution in [0.5, 0.6) is 0 Å². The molecule has 0 spiro atoms. The van der Waals surface area contributed by atoms with Crippen molar-refractivity contribution in [2.75, 3.05) is 20.8 Å². The van der Waals surface area contributed by atoms with E-state index in [1.54, 1.807) is 0 Å². The average Bonchev–Trinajstić information content (AvgIpc) is 1.38. The van der Waals surface area contributed by atoms with Gasteiger partial charge in [-0.3, -0.25) is 4.67 Å². The molecule has 0 aromatic rings. The summed E-state index contributed by atoms with van der Waals surface area (Å²) in [5.74, 6) is 0. The fraction of sp³-hybridized carbons (Fsp3) is 1.00. The molecule has 0 rings (SSSR count). The van der Waals surface area contributed by atoms with Crippen molar-refractivity contribution < 1.29 is 0 Å². The molecule has 1 unspecified atom stereocenters. The van der Waals surface area contributed by atoms with Gasteiger partial charge in [-0.15, -0.1) is 0 Å². The smallest absolute Gasteiger partial charge is 0.00996 e. The Bertz CT molecular complexity index is 20.9. The van der Waals surface area contributed by atoms with E-state index in [1.165, 1.54) is 0 Å². The van der Waals surface area contributed by atoms with Crippen LogP contribution in [-0.4, -0.2) is 25.4 Å². The molecule has 0 aliphatic carbocycles. The summed E-state index contributed by atoms with van der Waals surface area (Å²) in [5, 5.41) is 0. The monoisotopic (exact) mass is 91.1 g/mol. The van der Waals surface area contributed by atoms with Crippen molar-refractivity contribution in [3.05, 3.63) is 0 Å². The van der Waals surface area contributed by atoms with Gasteiger partial charge in [0.1, 0.15) is 0 Å². The molecule has 0 aromatic heterocycles. The molecular weight excluding hydrogens is 81.0 g/mol. The molecule has 0 aliphatic heterocycles. The van der Waals surface area contributed by atoms with Gasteiger partial charge >= 0.3 is 0 Å². The van der Waals surface area contributed by atoms with Gasteiger partial charge in [0.2, 0.25) is 0 Å². The highest BCUT2D eigenvalue weighted by molar-refractivity contribution is 7.34. The van der Waals surface area contributed by atoms with E-state index in [-0.39, 0.29) is 0 Å². The Balaban J connectivity index is 2.54. The summed E-state index contributed by atoms with van der Waals surface area (Å²) < 4.78 is 2.15. The second kappa shape index (κ2) is 2.62. The predicted molar refractivity (Wildman–Crippen MR) is 27.9 cm³/mol. The normalized spacial score (nSPS) is 12.0. The SMILES string of the molecule is CPN(C)C. The molecule has 0 heterocycles. The van der Waals surface area contributed by atoms with E-state index in [0.29, 0.717) is 0 Å². The first-order valence-electron chi connectivity index (χ1n) is 1.62. The quantitative estimate of drug-likeness (QED) is 0.431. The zero-order valence-electron chi connectivity index (χ0n) is 3.95. The third kappa shape index (κ3) is 4.39. The summed E-state index contributed by atoms with van der Waals surface area (Å²) in [7, 11) is 5.08. The molecule has 5 heavy (non-hydrogen) atoms. The van der Waals surface area contributed by atoms with Gasteiger partial charge in [0.25, 0.3) is 0 Å². The molecule has 0 aliphatic rings. The topological polar surface area (TPSA) is 3.24 Å². The number of hydrogen-bond acceptors (Lipinski definition) is 1. The molecule has 2 heteroatoms. The predicted octanol–water partition coefficient (Wildman–Crippen LogP) is 0.771. The molecule has 0 aromatic carbocycles. The van der Waals surface area contributed by atoms with Crippen LogP contribution < -0.4 is 0 Å². The standard InChI is InChI=1S/C3H10NP/c1-4(2)5-3/h5H,1-3H3. The Hall–Kier alpha value is 0.390. The Morgan fingerprint density at radius 2 is 1.60 bits per heavy atom. The lowest BCUT2D eigenvalue weighted by Gasteiger charge is -2.00. The van der Waals surface area contributed by atoms with Gasteiger partial charge in [0.05, 0.1) is 0 Å². The number of hydrogen-bond donors (Lipinski definition) is 0. The van der Waals surface area contributed by atoms with Gasteiger partial charge < -0.3 is 0 Å². The minimum Gasteiger partial charge on any atom is -0.291 e. The van der Waals surface area contributed by atoms with Crippen LogP contribution in [0, 0.1) is 0 Å². The van der Waals surface area contributed by atoms with Gasteiger partial charge in [-0.05, 0) is 20.8 Å². The average molecular weight is 91.1 g/mol. The van der Waals surface area contributed by atoms with Crippen molar-refractivity contribution >= 4 is 8.73 Å². The first-order valence-corrected chi connectivity index (χ1v) is 3.07. The summed E-state index contributed by atoms with van der Waals surface area (Å²) in [6.45, 7) is 2.15. The van der Waals surface area contributed by atoms with E-state index in [4.69, 9.17) is 0 Å². The number of nitrogens with zero attached hydrogens (tertiary/aromatic N) is 1. The van der Waals surface area contributed by atoms with Gasteiger partial charge in [0, 0.05) is 0 Å². The summed E-state index contributed by atoms with van der Waals surface area (Å²) in [6.07, 6.45) is 0. The Morgan fingerprint density at radius 1 is 1.40 bits per heavy atom. The second-order valence-corrected chi connectivity index (χ2v) is 2.46.